The van der Waals surface area contributed by atoms with Crippen LogP contribution in [0.1, 0.15) is 50.6 Å². The van der Waals surface area contributed by atoms with Crippen LogP contribution >= 0.6 is 0 Å². The maximum Gasteiger partial charge on any atom is 0.143 e. The maximum atomic E-state index is 14.6. The quantitative estimate of drug-likeness (QED) is 0.497. The van der Waals surface area contributed by atoms with Crippen LogP contribution in [0.2, 0.25) is 0 Å². The molecule has 0 amide bonds. The molecule has 0 bridgehead atoms. The minimum Gasteiger partial charge on any atom is -0.457 e. The summed E-state index contributed by atoms with van der Waals surface area (Å²) in [6.07, 6.45) is 5.95. The Bertz CT molecular complexity index is 1070. The Morgan fingerprint density at radius 1 is 1.10 bits per heavy atom. The second-order valence-corrected chi connectivity index (χ2v) is 9.33. The van der Waals surface area contributed by atoms with Crippen molar-refractivity contribution in [3.8, 4) is 11.5 Å². The van der Waals surface area contributed by atoms with E-state index >= 15 is 0 Å². The second-order valence-electron chi connectivity index (χ2n) is 9.33. The SMILES string of the molecule is CC(C)(C)c1cc(CC(=O)Cc2ccc(Oc3ccncc3)cc2F)n(CC2CC2)n1. The number of rotatable bonds is 8. The van der Waals surface area contributed by atoms with Gasteiger partial charge in [0, 0.05) is 49.0 Å². The Kier molecular flexibility index (Phi) is 5.90. The molecular weight excluding hydrogens is 393 g/mol. The van der Waals surface area contributed by atoms with Crippen LogP contribution in [-0.4, -0.2) is 20.5 Å². The van der Waals surface area contributed by atoms with E-state index in [9.17, 15) is 9.18 Å². The van der Waals surface area contributed by atoms with Gasteiger partial charge in [-0.25, -0.2) is 4.39 Å². The van der Waals surface area contributed by atoms with Crippen molar-refractivity contribution in [2.45, 2.75) is 58.4 Å². The molecule has 4 rings (SSSR count). The van der Waals surface area contributed by atoms with Crippen molar-refractivity contribution in [2.75, 3.05) is 0 Å². The van der Waals surface area contributed by atoms with Gasteiger partial charge in [-0.15, -0.1) is 0 Å². The Morgan fingerprint density at radius 3 is 2.48 bits per heavy atom. The molecule has 0 radical (unpaired) electrons. The van der Waals surface area contributed by atoms with Crippen LogP contribution in [0.4, 0.5) is 4.39 Å². The van der Waals surface area contributed by atoms with Crippen LogP contribution in [0.25, 0.3) is 0 Å². The first-order valence-corrected chi connectivity index (χ1v) is 10.7. The van der Waals surface area contributed by atoms with E-state index in [1.165, 1.54) is 18.9 Å². The number of hydrogen-bond donors (Lipinski definition) is 0. The fourth-order valence-corrected chi connectivity index (χ4v) is 3.42. The van der Waals surface area contributed by atoms with Crippen molar-refractivity contribution < 1.29 is 13.9 Å². The van der Waals surface area contributed by atoms with Gasteiger partial charge in [0.1, 0.15) is 23.1 Å². The predicted molar refractivity (Wildman–Crippen MR) is 117 cm³/mol. The van der Waals surface area contributed by atoms with Crippen molar-refractivity contribution in [3.63, 3.8) is 0 Å². The Labute approximate surface area is 182 Å². The number of pyridine rings is 1. The number of carbonyl (C=O) groups excluding carboxylic acids is 1. The third-order valence-corrected chi connectivity index (χ3v) is 5.44. The van der Waals surface area contributed by atoms with Crippen LogP contribution < -0.4 is 4.74 Å². The molecule has 3 aromatic rings. The standard InChI is InChI=1S/C25H28FN3O2/c1-25(2,3)24-14-19(29(28-24)16-17-4-5-17)13-20(30)12-18-6-7-22(15-23(18)26)31-21-8-10-27-11-9-21/h6-11,14-15,17H,4-5,12-13,16H2,1-3H3. The monoisotopic (exact) mass is 421 g/mol. The van der Waals surface area contributed by atoms with Gasteiger partial charge in [-0.05, 0) is 48.6 Å². The molecule has 1 aliphatic carbocycles. The van der Waals surface area contributed by atoms with Gasteiger partial charge >= 0.3 is 0 Å². The van der Waals surface area contributed by atoms with Crippen molar-refractivity contribution >= 4 is 5.78 Å². The van der Waals surface area contributed by atoms with Gasteiger partial charge in [0.05, 0.1) is 5.69 Å². The van der Waals surface area contributed by atoms with Crippen LogP contribution in [0, 0.1) is 11.7 Å². The van der Waals surface area contributed by atoms with Gasteiger partial charge in [0.2, 0.25) is 0 Å². The van der Waals surface area contributed by atoms with E-state index in [4.69, 9.17) is 9.84 Å². The Hall–Kier alpha value is -3.02. The van der Waals surface area contributed by atoms with Gasteiger partial charge in [0.25, 0.3) is 0 Å². The normalized spacial score (nSPS) is 13.9. The lowest BCUT2D eigenvalue weighted by molar-refractivity contribution is -0.117. The summed E-state index contributed by atoms with van der Waals surface area (Å²) in [7, 11) is 0. The maximum absolute atomic E-state index is 14.6. The predicted octanol–water partition coefficient (Wildman–Crippen LogP) is 5.27. The average Bonchev–Trinajstić information content (AvgIpc) is 3.43. The molecule has 1 saturated carbocycles. The summed E-state index contributed by atoms with van der Waals surface area (Å²) < 4.78 is 22.2. The summed E-state index contributed by atoms with van der Waals surface area (Å²) in [6.45, 7) is 7.21. The van der Waals surface area contributed by atoms with E-state index < -0.39 is 5.82 Å². The summed E-state index contributed by atoms with van der Waals surface area (Å²) in [5, 5.41) is 4.76. The third-order valence-electron chi connectivity index (χ3n) is 5.44. The molecule has 0 unspecified atom stereocenters. The lowest BCUT2D eigenvalue weighted by atomic mass is 9.92. The molecule has 5 nitrogen and oxygen atoms in total. The largest absolute Gasteiger partial charge is 0.457 e. The minimum atomic E-state index is -0.443. The van der Waals surface area contributed by atoms with Crippen LogP contribution in [0.15, 0.2) is 48.8 Å². The van der Waals surface area contributed by atoms with Crippen LogP contribution in [0.5, 0.6) is 11.5 Å². The summed E-state index contributed by atoms with van der Waals surface area (Å²) in [5.41, 5.74) is 2.19. The summed E-state index contributed by atoms with van der Waals surface area (Å²) >= 11 is 0. The second kappa shape index (κ2) is 8.61. The molecule has 6 heteroatoms. The molecule has 1 aliphatic rings. The summed E-state index contributed by atoms with van der Waals surface area (Å²) in [5.74, 6) is 1.15. The fraction of sp³-hybridized carbons (Fsp3) is 0.400. The van der Waals surface area contributed by atoms with Gasteiger partial charge in [-0.3, -0.25) is 14.5 Å². The molecular formula is C25H28FN3O2. The fourth-order valence-electron chi connectivity index (χ4n) is 3.42. The molecule has 1 fully saturated rings. The lowest BCUT2D eigenvalue weighted by Crippen LogP contribution is -2.14. The highest BCUT2D eigenvalue weighted by molar-refractivity contribution is 5.82. The highest BCUT2D eigenvalue weighted by atomic mass is 19.1. The average molecular weight is 422 g/mol. The molecule has 0 atom stereocenters. The van der Waals surface area contributed by atoms with E-state index in [0.29, 0.717) is 23.0 Å². The number of ether oxygens (including phenoxy) is 1. The number of halogens is 1. The molecule has 0 N–H and O–H groups in total. The summed E-state index contributed by atoms with van der Waals surface area (Å²) in [4.78, 5) is 16.7. The van der Waals surface area contributed by atoms with Gasteiger partial charge in [-0.1, -0.05) is 26.8 Å². The number of benzene rings is 1. The molecule has 2 heterocycles. The zero-order valence-corrected chi connectivity index (χ0v) is 18.3. The van der Waals surface area contributed by atoms with Gasteiger partial charge in [0.15, 0.2) is 0 Å². The highest BCUT2D eigenvalue weighted by Crippen LogP contribution is 2.32. The molecule has 162 valence electrons. The third kappa shape index (κ3) is 5.57. The lowest BCUT2D eigenvalue weighted by Gasteiger charge is -2.14. The zero-order chi connectivity index (χ0) is 22.0. The highest BCUT2D eigenvalue weighted by Gasteiger charge is 2.26. The topological polar surface area (TPSA) is 57.0 Å². The molecule has 2 aromatic heterocycles. The first-order valence-electron chi connectivity index (χ1n) is 10.7. The first-order chi connectivity index (χ1) is 14.8. The van der Waals surface area contributed by atoms with E-state index in [-0.39, 0.29) is 24.0 Å². The van der Waals surface area contributed by atoms with E-state index in [0.717, 1.165) is 17.9 Å². The first kappa shape index (κ1) is 21.2. The van der Waals surface area contributed by atoms with Gasteiger partial charge < -0.3 is 4.74 Å². The number of hydrogen-bond acceptors (Lipinski definition) is 4. The molecule has 0 saturated heterocycles. The van der Waals surface area contributed by atoms with Crippen molar-refractivity contribution in [2.24, 2.45) is 5.92 Å². The van der Waals surface area contributed by atoms with Crippen LogP contribution in [0.3, 0.4) is 0 Å². The number of nitrogens with zero attached hydrogens (tertiary/aromatic N) is 3. The number of aromatic nitrogens is 3. The summed E-state index contributed by atoms with van der Waals surface area (Å²) in [6, 6.07) is 10.0. The van der Waals surface area contributed by atoms with Crippen LogP contribution in [-0.2, 0) is 29.6 Å². The van der Waals surface area contributed by atoms with E-state index in [1.807, 2.05) is 10.7 Å². The molecule has 1 aromatic carbocycles. The smallest absolute Gasteiger partial charge is 0.143 e. The van der Waals surface area contributed by atoms with Gasteiger partial charge in [-0.2, -0.15) is 5.10 Å². The number of ketones is 1. The van der Waals surface area contributed by atoms with E-state index in [2.05, 4.69) is 25.8 Å². The molecule has 31 heavy (non-hydrogen) atoms. The van der Waals surface area contributed by atoms with E-state index in [1.54, 1.807) is 36.7 Å². The molecule has 0 spiro atoms. The minimum absolute atomic E-state index is 0.0286. The Balaban J connectivity index is 1.44. The van der Waals surface area contributed by atoms with Crippen molar-refractivity contribution in [1.29, 1.82) is 0 Å². The zero-order valence-electron chi connectivity index (χ0n) is 18.3. The van der Waals surface area contributed by atoms with Crippen molar-refractivity contribution in [3.05, 3.63) is 71.6 Å². The van der Waals surface area contributed by atoms with Crippen molar-refractivity contribution in [1.82, 2.24) is 14.8 Å². The molecule has 0 aliphatic heterocycles. The Morgan fingerprint density at radius 2 is 1.84 bits per heavy atom. The number of Topliss-reactive ketones (excluding diaryl/α,β-unsaturated/α-hetero) is 1. The number of carbonyl (C=O) groups is 1.